The van der Waals surface area contributed by atoms with E-state index in [1.165, 1.54) is 21.1 Å². The fourth-order valence-electron chi connectivity index (χ4n) is 3.89. The molecule has 0 spiro atoms. The fraction of sp³-hybridized carbons (Fsp3) is 0.320. The van der Waals surface area contributed by atoms with Gasteiger partial charge >= 0.3 is 0 Å². The molecule has 3 aromatic heterocycles. The second-order valence-corrected chi connectivity index (χ2v) is 10.7. The summed E-state index contributed by atoms with van der Waals surface area (Å²) in [5.41, 5.74) is 1.39. The molecule has 1 aromatic carbocycles. The smallest absolute Gasteiger partial charge is 0.204 e. The number of aromatic nitrogens is 4. The van der Waals surface area contributed by atoms with E-state index in [-0.39, 0.29) is 17.3 Å². The summed E-state index contributed by atoms with van der Waals surface area (Å²) in [5, 5.41) is 18.1. The normalized spacial score (nSPS) is 13.4. The zero-order valence-electron chi connectivity index (χ0n) is 20.7. The van der Waals surface area contributed by atoms with Crippen LogP contribution >= 0.6 is 0 Å². The van der Waals surface area contributed by atoms with E-state index in [4.69, 9.17) is 13.9 Å². The molecule has 190 valence electrons. The number of benzene rings is 1. The van der Waals surface area contributed by atoms with E-state index in [0.29, 0.717) is 34.4 Å². The zero-order valence-corrected chi connectivity index (χ0v) is 21.5. The lowest BCUT2D eigenvalue weighted by atomic mass is 10.1. The van der Waals surface area contributed by atoms with Crippen molar-refractivity contribution in [3.63, 3.8) is 0 Å². The summed E-state index contributed by atoms with van der Waals surface area (Å²) in [4.78, 5) is 4.28. The summed E-state index contributed by atoms with van der Waals surface area (Å²) in [6, 6.07) is 13.8. The molecule has 10 nitrogen and oxygen atoms in total. The van der Waals surface area contributed by atoms with Gasteiger partial charge in [0.1, 0.15) is 34.8 Å². The van der Waals surface area contributed by atoms with Gasteiger partial charge in [-0.3, -0.25) is 9.55 Å². The first kappa shape index (κ1) is 25.4. The third kappa shape index (κ3) is 4.84. The summed E-state index contributed by atoms with van der Waals surface area (Å²) in [5.74, 6) is 1.79. The van der Waals surface area contributed by atoms with Crippen LogP contribution in [0.25, 0.3) is 17.3 Å². The molecule has 0 amide bonds. The number of furan rings is 1. The number of sulfone groups is 1. The molecule has 4 rings (SSSR count). The molecule has 0 unspecified atom stereocenters. The largest absolute Gasteiger partial charge is 0.494 e. The number of methoxy groups -OCH3 is 2. The van der Waals surface area contributed by atoms with Gasteiger partial charge in [0, 0.05) is 5.69 Å². The molecule has 1 N–H and O–H groups in total. The predicted octanol–water partition coefficient (Wildman–Crippen LogP) is 3.59. The summed E-state index contributed by atoms with van der Waals surface area (Å²) in [6.45, 7) is 5.02. The molecule has 4 aromatic rings. The van der Waals surface area contributed by atoms with Gasteiger partial charge in [0.25, 0.3) is 0 Å². The number of nitrogens with zero attached hydrogens (tertiary/aromatic N) is 4. The first-order chi connectivity index (χ1) is 17.2. The van der Waals surface area contributed by atoms with Crippen LogP contribution in [0, 0.1) is 13.8 Å². The lowest BCUT2D eigenvalue weighted by molar-refractivity contribution is 0.171. The van der Waals surface area contributed by atoms with Crippen LogP contribution in [0.5, 0.6) is 11.5 Å². The molecule has 11 heteroatoms. The van der Waals surface area contributed by atoms with Gasteiger partial charge in [0.2, 0.25) is 5.82 Å². The van der Waals surface area contributed by atoms with Crippen molar-refractivity contribution in [3.8, 4) is 28.8 Å². The Hall–Kier alpha value is -3.70. The summed E-state index contributed by atoms with van der Waals surface area (Å²) in [6.07, 6.45) is -1.32. The van der Waals surface area contributed by atoms with Gasteiger partial charge in [-0.25, -0.2) is 8.42 Å². The van der Waals surface area contributed by atoms with Gasteiger partial charge in [0.15, 0.2) is 21.4 Å². The topological polar surface area (TPSA) is 130 Å². The van der Waals surface area contributed by atoms with Crippen LogP contribution < -0.4 is 9.47 Å². The van der Waals surface area contributed by atoms with E-state index < -0.39 is 26.9 Å². The maximum absolute atomic E-state index is 13.5. The monoisotopic (exact) mass is 512 g/mol. The van der Waals surface area contributed by atoms with E-state index in [0.717, 1.165) is 0 Å². The molecule has 0 radical (unpaired) electrons. The molecule has 0 fully saturated rings. The van der Waals surface area contributed by atoms with Crippen LogP contribution in [0.4, 0.5) is 0 Å². The molecular weight excluding hydrogens is 484 g/mol. The van der Waals surface area contributed by atoms with Gasteiger partial charge in [-0.05, 0) is 57.2 Å². The highest BCUT2D eigenvalue weighted by Gasteiger charge is 2.34. The third-order valence-electron chi connectivity index (χ3n) is 5.87. The van der Waals surface area contributed by atoms with E-state index in [1.807, 2.05) is 0 Å². The standard InChI is InChI=1S/C25H28N4O6S/c1-15-8-6-9-18(26-15)24(30)17(3)36(31,32)14-22-27-28-25(21-13-12-16(2)35-21)29(22)23-19(33-4)10-7-11-20(23)34-5/h6-13,17,24,30H,14H2,1-5H3/t17-,24-/m1/s1. The fourth-order valence-corrected chi connectivity index (χ4v) is 5.23. The first-order valence-electron chi connectivity index (χ1n) is 11.2. The maximum atomic E-state index is 13.5. The Morgan fingerprint density at radius 3 is 2.25 bits per heavy atom. The van der Waals surface area contributed by atoms with Crippen LogP contribution in [-0.2, 0) is 15.6 Å². The number of rotatable bonds is 9. The summed E-state index contributed by atoms with van der Waals surface area (Å²) < 4.78 is 45.4. The van der Waals surface area contributed by atoms with E-state index in [9.17, 15) is 13.5 Å². The van der Waals surface area contributed by atoms with Crippen LogP contribution in [0.1, 0.15) is 36.0 Å². The predicted molar refractivity (Wildman–Crippen MR) is 133 cm³/mol. The number of para-hydroxylation sites is 1. The van der Waals surface area contributed by atoms with E-state index >= 15 is 0 Å². The van der Waals surface area contributed by atoms with E-state index in [1.54, 1.807) is 66.9 Å². The molecule has 0 aliphatic heterocycles. The minimum atomic E-state index is -3.93. The van der Waals surface area contributed by atoms with Gasteiger partial charge in [0.05, 0.1) is 25.2 Å². The van der Waals surface area contributed by atoms with Crippen molar-refractivity contribution in [3.05, 3.63) is 71.5 Å². The van der Waals surface area contributed by atoms with Gasteiger partial charge in [-0.1, -0.05) is 12.1 Å². The quantitative estimate of drug-likeness (QED) is 0.357. The van der Waals surface area contributed by atoms with Crippen molar-refractivity contribution in [2.75, 3.05) is 14.2 Å². The molecule has 0 saturated carbocycles. The molecule has 2 atom stereocenters. The first-order valence-corrected chi connectivity index (χ1v) is 12.9. The Balaban J connectivity index is 1.82. The lowest BCUT2D eigenvalue weighted by Gasteiger charge is -2.20. The molecule has 3 heterocycles. The number of hydrogen-bond donors (Lipinski definition) is 1. The number of pyridine rings is 1. The molecule has 0 bridgehead atoms. The second-order valence-electron chi connectivity index (χ2n) is 8.36. The van der Waals surface area contributed by atoms with Crippen LogP contribution in [0.15, 0.2) is 52.9 Å². The molecular formula is C25H28N4O6S. The Morgan fingerprint density at radius 2 is 1.67 bits per heavy atom. The second kappa shape index (κ2) is 10.1. The number of aryl methyl sites for hydroxylation is 2. The number of aliphatic hydroxyl groups excluding tert-OH is 1. The van der Waals surface area contributed by atoms with Crippen molar-refractivity contribution in [1.29, 1.82) is 0 Å². The average Bonchev–Trinajstić information content (AvgIpc) is 3.47. The average molecular weight is 513 g/mol. The summed E-state index contributed by atoms with van der Waals surface area (Å²) >= 11 is 0. The Kier molecular flexibility index (Phi) is 7.14. The molecule has 36 heavy (non-hydrogen) atoms. The van der Waals surface area contributed by atoms with Crippen molar-refractivity contribution < 1.29 is 27.4 Å². The Bertz CT molecular complexity index is 1460. The van der Waals surface area contributed by atoms with Gasteiger partial charge in [-0.2, -0.15) is 0 Å². The molecule has 0 aliphatic carbocycles. The van der Waals surface area contributed by atoms with Crippen molar-refractivity contribution in [2.45, 2.75) is 37.9 Å². The summed E-state index contributed by atoms with van der Waals surface area (Å²) in [7, 11) is -0.926. The van der Waals surface area contributed by atoms with Gasteiger partial charge in [-0.15, -0.1) is 10.2 Å². The SMILES string of the molecule is COc1cccc(OC)c1-n1c(CS(=O)(=O)[C@H](C)[C@@H](O)c2cccc(C)n2)nnc1-c1ccc(C)o1. The number of hydrogen-bond acceptors (Lipinski definition) is 9. The van der Waals surface area contributed by atoms with Crippen LogP contribution in [-0.4, -0.2) is 52.7 Å². The Morgan fingerprint density at radius 1 is 1.00 bits per heavy atom. The zero-order chi connectivity index (χ0) is 26.0. The van der Waals surface area contributed by atoms with Gasteiger partial charge < -0.3 is 19.0 Å². The molecule has 0 saturated heterocycles. The van der Waals surface area contributed by atoms with Crippen molar-refractivity contribution in [2.24, 2.45) is 0 Å². The lowest BCUT2D eigenvalue weighted by Crippen LogP contribution is -2.28. The van der Waals surface area contributed by atoms with E-state index in [2.05, 4.69) is 15.2 Å². The highest BCUT2D eigenvalue weighted by atomic mass is 32.2. The molecule has 0 aliphatic rings. The van der Waals surface area contributed by atoms with Crippen LogP contribution in [0.2, 0.25) is 0 Å². The van der Waals surface area contributed by atoms with Crippen molar-refractivity contribution in [1.82, 2.24) is 19.7 Å². The number of ether oxygens (including phenoxy) is 2. The minimum Gasteiger partial charge on any atom is -0.494 e. The van der Waals surface area contributed by atoms with Crippen molar-refractivity contribution >= 4 is 9.84 Å². The highest BCUT2D eigenvalue weighted by Crippen LogP contribution is 2.37. The highest BCUT2D eigenvalue weighted by molar-refractivity contribution is 7.91. The van der Waals surface area contributed by atoms with Crippen LogP contribution in [0.3, 0.4) is 0 Å². The maximum Gasteiger partial charge on any atom is 0.204 e. The Labute approximate surface area is 209 Å². The minimum absolute atomic E-state index is 0.109. The third-order valence-corrected chi connectivity index (χ3v) is 7.92. The number of aliphatic hydroxyl groups is 1.